The summed E-state index contributed by atoms with van der Waals surface area (Å²) in [6.07, 6.45) is 9.84. The van der Waals surface area contributed by atoms with Crippen molar-refractivity contribution in [2.24, 2.45) is 0 Å². The van der Waals surface area contributed by atoms with E-state index >= 15 is 0 Å². The van der Waals surface area contributed by atoms with Gasteiger partial charge in [-0.05, 0) is 68.3 Å². The standard InChI is InChI=1S/C26H39NO2/c1-4-7-9-11-21-28-25-17-13-23(14-18-25)27(6-3)24-15-19-26(20-16-24)29-22-12-10-8-5-2/h13-20H,4-12,21-22H2,1-3H3. The molecule has 0 radical (unpaired) electrons. The van der Waals surface area contributed by atoms with Crippen molar-refractivity contribution < 1.29 is 9.47 Å². The van der Waals surface area contributed by atoms with Gasteiger partial charge in [-0.3, -0.25) is 0 Å². The molecule has 3 heteroatoms. The highest BCUT2D eigenvalue weighted by Gasteiger charge is 2.08. The lowest BCUT2D eigenvalue weighted by atomic mass is 10.2. The number of rotatable bonds is 15. The largest absolute Gasteiger partial charge is 0.494 e. The normalized spacial score (nSPS) is 10.7. The summed E-state index contributed by atoms with van der Waals surface area (Å²) in [4.78, 5) is 2.30. The van der Waals surface area contributed by atoms with Crippen molar-refractivity contribution in [2.75, 3.05) is 24.7 Å². The molecule has 29 heavy (non-hydrogen) atoms. The third-order valence-electron chi connectivity index (χ3n) is 5.15. The molecular formula is C26H39NO2. The minimum atomic E-state index is 0.802. The first kappa shape index (κ1) is 23.1. The van der Waals surface area contributed by atoms with Gasteiger partial charge in [0, 0.05) is 17.9 Å². The SMILES string of the molecule is CCCCCCOc1ccc(N(CC)c2ccc(OCCCCCC)cc2)cc1. The van der Waals surface area contributed by atoms with Crippen molar-refractivity contribution in [2.45, 2.75) is 72.1 Å². The first-order valence-electron chi connectivity index (χ1n) is 11.5. The molecule has 0 unspecified atom stereocenters. The van der Waals surface area contributed by atoms with Gasteiger partial charge in [0.2, 0.25) is 0 Å². The topological polar surface area (TPSA) is 21.7 Å². The molecule has 0 aliphatic rings. The van der Waals surface area contributed by atoms with E-state index in [1.165, 1.54) is 49.9 Å². The number of hydrogen-bond acceptors (Lipinski definition) is 3. The summed E-state index contributed by atoms with van der Waals surface area (Å²) >= 11 is 0. The van der Waals surface area contributed by atoms with Gasteiger partial charge in [0.15, 0.2) is 0 Å². The Labute approximate surface area is 178 Å². The van der Waals surface area contributed by atoms with Gasteiger partial charge in [-0.15, -0.1) is 0 Å². The van der Waals surface area contributed by atoms with Gasteiger partial charge in [-0.1, -0.05) is 52.4 Å². The molecule has 3 nitrogen and oxygen atoms in total. The Morgan fingerprint density at radius 3 is 1.31 bits per heavy atom. The molecule has 0 saturated carbocycles. The van der Waals surface area contributed by atoms with E-state index in [-0.39, 0.29) is 0 Å². The smallest absolute Gasteiger partial charge is 0.119 e. The van der Waals surface area contributed by atoms with Gasteiger partial charge in [0.25, 0.3) is 0 Å². The van der Waals surface area contributed by atoms with Crippen LogP contribution in [0.25, 0.3) is 0 Å². The van der Waals surface area contributed by atoms with E-state index in [1.807, 2.05) is 0 Å². The Balaban J connectivity index is 1.86. The van der Waals surface area contributed by atoms with Crippen LogP contribution >= 0.6 is 0 Å². The molecule has 0 amide bonds. The summed E-state index contributed by atoms with van der Waals surface area (Å²) in [7, 11) is 0. The molecule has 0 aliphatic heterocycles. The number of hydrogen-bond donors (Lipinski definition) is 0. The van der Waals surface area contributed by atoms with Crippen LogP contribution in [0.2, 0.25) is 0 Å². The van der Waals surface area contributed by atoms with E-state index in [4.69, 9.17) is 9.47 Å². The predicted molar refractivity (Wildman–Crippen MR) is 125 cm³/mol. The second-order valence-corrected chi connectivity index (χ2v) is 7.55. The van der Waals surface area contributed by atoms with Gasteiger partial charge in [0.05, 0.1) is 13.2 Å². The van der Waals surface area contributed by atoms with Crippen LogP contribution in [0.4, 0.5) is 11.4 Å². The number of nitrogens with zero attached hydrogens (tertiary/aromatic N) is 1. The zero-order valence-corrected chi connectivity index (χ0v) is 18.7. The van der Waals surface area contributed by atoms with Crippen LogP contribution in [-0.4, -0.2) is 19.8 Å². The highest BCUT2D eigenvalue weighted by atomic mass is 16.5. The Hall–Kier alpha value is -2.16. The third kappa shape index (κ3) is 8.39. The highest BCUT2D eigenvalue weighted by molar-refractivity contribution is 5.64. The van der Waals surface area contributed by atoms with Crippen LogP contribution in [0.3, 0.4) is 0 Å². The minimum Gasteiger partial charge on any atom is -0.494 e. The zero-order chi connectivity index (χ0) is 20.7. The molecule has 0 fully saturated rings. The third-order valence-corrected chi connectivity index (χ3v) is 5.15. The van der Waals surface area contributed by atoms with Crippen LogP contribution < -0.4 is 14.4 Å². The van der Waals surface area contributed by atoms with E-state index < -0.39 is 0 Å². The lowest BCUT2D eigenvalue weighted by Gasteiger charge is -2.24. The average molecular weight is 398 g/mol. The van der Waals surface area contributed by atoms with Crippen molar-refractivity contribution in [3.05, 3.63) is 48.5 Å². The van der Waals surface area contributed by atoms with Crippen LogP contribution in [0, 0.1) is 0 Å². The Kier molecular flexibility index (Phi) is 11.1. The first-order valence-corrected chi connectivity index (χ1v) is 11.5. The lowest BCUT2D eigenvalue weighted by molar-refractivity contribution is 0.305. The predicted octanol–water partition coefficient (Wildman–Crippen LogP) is 7.76. The summed E-state index contributed by atoms with van der Waals surface area (Å²) < 4.78 is 11.7. The molecule has 2 rings (SSSR count). The van der Waals surface area contributed by atoms with E-state index in [0.717, 1.165) is 44.1 Å². The fraction of sp³-hybridized carbons (Fsp3) is 0.538. The van der Waals surface area contributed by atoms with E-state index in [2.05, 4.69) is 74.2 Å². The van der Waals surface area contributed by atoms with Crippen molar-refractivity contribution >= 4 is 11.4 Å². The fourth-order valence-corrected chi connectivity index (χ4v) is 3.40. The van der Waals surface area contributed by atoms with Crippen molar-refractivity contribution in [3.63, 3.8) is 0 Å². The molecule has 0 heterocycles. The molecule has 2 aromatic carbocycles. The molecule has 0 aromatic heterocycles. The molecule has 0 saturated heterocycles. The summed E-state index contributed by atoms with van der Waals surface area (Å²) in [5.41, 5.74) is 2.36. The Morgan fingerprint density at radius 1 is 0.552 bits per heavy atom. The van der Waals surface area contributed by atoms with E-state index in [9.17, 15) is 0 Å². The molecule has 0 aliphatic carbocycles. The second-order valence-electron chi connectivity index (χ2n) is 7.55. The Bertz CT molecular complexity index is 594. The number of ether oxygens (including phenoxy) is 2. The van der Waals surface area contributed by atoms with Gasteiger partial charge < -0.3 is 14.4 Å². The van der Waals surface area contributed by atoms with E-state index in [1.54, 1.807) is 0 Å². The quantitative estimate of drug-likeness (QED) is 0.287. The van der Waals surface area contributed by atoms with E-state index in [0.29, 0.717) is 0 Å². The van der Waals surface area contributed by atoms with Gasteiger partial charge in [0.1, 0.15) is 11.5 Å². The second kappa shape index (κ2) is 13.9. The average Bonchev–Trinajstić information content (AvgIpc) is 2.76. The molecule has 0 N–H and O–H groups in total. The van der Waals surface area contributed by atoms with Gasteiger partial charge in [-0.25, -0.2) is 0 Å². The molecule has 0 spiro atoms. The van der Waals surface area contributed by atoms with Crippen molar-refractivity contribution in [3.8, 4) is 11.5 Å². The van der Waals surface area contributed by atoms with Crippen LogP contribution in [0.1, 0.15) is 72.1 Å². The summed E-state index contributed by atoms with van der Waals surface area (Å²) in [5.74, 6) is 1.90. The van der Waals surface area contributed by atoms with Crippen LogP contribution in [0.5, 0.6) is 11.5 Å². The van der Waals surface area contributed by atoms with Gasteiger partial charge in [-0.2, -0.15) is 0 Å². The minimum absolute atomic E-state index is 0.802. The van der Waals surface area contributed by atoms with Gasteiger partial charge >= 0.3 is 0 Å². The molecule has 160 valence electrons. The molecule has 0 bridgehead atoms. The fourth-order valence-electron chi connectivity index (χ4n) is 3.40. The summed E-state index contributed by atoms with van der Waals surface area (Å²) in [5, 5.41) is 0. The zero-order valence-electron chi connectivity index (χ0n) is 18.7. The molecular weight excluding hydrogens is 358 g/mol. The van der Waals surface area contributed by atoms with Crippen LogP contribution in [-0.2, 0) is 0 Å². The number of benzene rings is 2. The maximum absolute atomic E-state index is 5.87. The highest BCUT2D eigenvalue weighted by Crippen LogP contribution is 2.28. The van der Waals surface area contributed by atoms with Crippen molar-refractivity contribution in [1.82, 2.24) is 0 Å². The van der Waals surface area contributed by atoms with Crippen LogP contribution in [0.15, 0.2) is 48.5 Å². The number of anilines is 2. The summed E-state index contributed by atoms with van der Waals surface area (Å²) in [6.45, 7) is 9.15. The lowest BCUT2D eigenvalue weighted by Crippen LogP contribution is -2.15. The summed E-state index contributed by atoms with van der Waals surface area (Å²) in [6, 6.07) is 16.9. The maximum atomic E-state index is 5.87. The maximum Gasteiger partial charge on any atom is 0.119 e. The Morgan fingerprint density at radius 2 is 0.966 bits per heavy atom. The van der Waals surface area contributed by atoms with Crippen molar-refractivity contribution in [1.29, 1.82) is 0 Å². The molecule has 2 aromatic rings. The monoisotopic (exact) mass is 397 g/mol. The number of unbranched alkanes of at least 4 members (excludes halogenated alkanes) is 6. The first-order chi connectivity index (χ1) is 14.3. The molecule has 0 atom stereocenters.